The zero-order valence-corrected chi connectivity index (χ0v) is 24.4. The number of hydrogen-bond donors (Lipinski definition) is 0. The summed E-state index contributed by atoms with van der Waals surface area (Å²) in [6, 6.07) is 57.3. The Morgan fingerprint density at radius 1 is 0.333 bits per heavy atom. The second-order valence-corrected chi connectivity index (χ2v) is 11.4. The van der Waals surface area contributed by atoms with E-state index in [2.05, 4.69) is 144 Å². The second kappa shape index (κ2) is 10.3. The Morgan fingerprint density at radius 2 is 0.844 bits per heavy atom. The van der Waals surface area contributed by atoms with Crippen LogP contribution in [0.5, 0.6) is 0 Å². The van der Waals surface area contributed by atoms with Crippen molar-refractivity contribution in [3.05, 3.63) is 164 Å². The van der Waals surface area contributed by atoms with E-state index in [1.165, 1.54) is 0 Å². The van der Waals surface area contributed by atoms with Gasteiger partial charge in [0, 0.05) is 44.2 Å². The van der Waals surface area contributed by atoms with Crippen LogP contribution in [0.15, 0.2) is 173 Å². The van der Waals surface area contributed by atoms with Crippen molar-refractivity contribution in [2.75, 3.05) is 4.90 Å². The highest BCUT2D eigenvalue weighted by Gasteiger charge is 2.17. The summed E-state index contributed by atoms with van der Waals surface area (Å²) in [5.41, 5.74) is 11.3. The van der Waals surface area contributed by atoms with E-state index in [1.807, 2.05) is 24.3 Å². The first-order valence-electron chi connectivity index (χ1n) is 15.2. The van der Waals surface area contributed by atoms with Gasteiger partial charge in [-0.2, -0.15) is 0 Å². The SMILES string of the molecule is c1ccc(N(c2ccccc2)c2ccc(-c3cc(-c4ccc5oc6ccccc6c5c4)c4oc5ccccc5c4c3)cc2)cc1. The summed E-state index contributed by atoms with van der Waals surface area (Å²) in [4.78, 5) is 2.28. The fourth-order valence-corrected chi connectivity index (χ4v) is 6.51. The first-order valence-corrected chi connectivity index (χ1v) is 15.2. The number of furan rings is 2. The number of anilines is 3. The van der Waals surface area contributed by atoms with E-state index in [1.54, 1.807) is 0 Å². The predicted octanol–water partition coefficient (Wildman–Crippen LogP) is 12.3. The third-order valence-corrected chi connectivity index (χ3v) is 8.65. The lowest BCUT2D eigenvalue weighted by Crippen LogP contribution is -2.09. The Balaban J connectivity index is 1.21. The van der Waals surface area contributed by atoms with E-state index in [9.17, 15) is 0 Å². The van der Waals surface area contributed by atoms with E-state index < -0.39 is 0 Å². The molecule has 0 bridgehead atoms. The van der Waals surface area contributed by atoms with E-state index in [4.69, 9.17) is 8.83 Å². The zero-order chi connectivity index (χ0) is 29.7. The van der Waals surface area contributed by atoms with Gasteiger partial charge in [0.05, 0.1) is 0 Å². The van der Waals surface area contributed by atoms with E-state index in [-0.39, 0.29) is 0 Å². The van der Waals surface area contributed by atoms with Gasteiger partial charge in [0.25, 0.3) is 0 Å². The predicted molar refractivity (Wildman–Crippen MR) is 187 cm³/mol. The molecule has 45 heavy (non-hydrogen) atoms. The average molecular weight is 578 g/mol. The van der Waals surface area contributed by atoms with Crippen molar-refractivity contribution in [3.8, 4) is 22.3 Å². The highest BCUT2D eigenvalue weighted by atomic mass is 16.3. The summed E-state index contributed by atoms with van der Waals surface area (Å²) >= 11 is 0. The average Bonchev–Trinajstić information content (AvgIpc) is 3.67. The van der Waals surface area contributed by atoms with Crippen LogP contribution in [0.3, 0.4) is 0 Å². The topological polar surface area (TPSA) is 29.5 Å². The van der Waals surface area contributed by atoms with E-state index >= 15 is 0 Å². The standard InChI is InChI=1S/C42H27NO2/c1-3-11-31(12-4-1)43(32-13-5-2-6-14-32)33-22-19-28(20-23-33)30-26-36(42-38(27-30)35-16-8-10-18-40(35)45-42)29-21-24-41-37(25-29)34-15-7-9-17-39(34)44-41/h1-27H. The minimum absolute atomic E-state index is 0.883. The molecule has 0 unspecified atom stereocenters. The smallest absolute Gasteiger partial charge is 0.143 e. The van der Waals surface area contributed by atoms with Crippen molar-refractivity contribution in [2.24, 2.45) is 0 Å². The lowest BCUT2D eigenvalue weighted by molar-refractivity contribution is 0.668. The van der Waals surface area contributed by atoms with Gasteiger partial charge in [-0.05, 0) is 89.5 Å². The summed E-state index contributed by atoms with van der Waals surface area (Å²) in [5.74, 6) is 0. The van der Waals surface area contributed by atoms with Crippen LogP contribution >= 0.6 is 0 Å². The number of hydrogen-bond acceptors (Lipinski definition) is 3. The molecule has 3 nitrogen and oxygen atoms in total. The molecule has 9 aromatic rings. The maximum atomic E-state index is 6.53. The van der Waals surface area contributed by atoms with Crippen LogP contribution in [0.1, 0.15) is 0 Å². The third kappa shape index (κ3) is 4.29. The van der Waals surface area contributed by atoms with Crippen molar-refractivity contribution >= 4 is 60.9 Å². The van der Waals surface area contributed by atoms with Gasteiger partial charge in [-0.1, -0.05) is 91.0 Å². The maximum Gasteiger partial charge on any atom is 0.143 e. The summed E-state index contributed by atoms with van der Waals surface area (Å²) in [6.45, 7) is 0. The molecular formula is C42H27NO2. The molecule has 0 saturated heterocycles. The molecule has 0 aliphatic carbocycles. The zero-order valence-electron chi connectivity index (χ0n) is 24.4. The molecule has 0 radical (unpaired) electrons. The van der Waals surface area contributed by atoms with Crippen LogP contribution < -0.4 is 4.90 Å². The van der Waals surface area contributed by atoms with Gasteiger partial charge >= 0.3 is 0 Å². The van der Waals surface area contributed by atoms with E-state index in [0.717, 1.165) is 83.2 Å². The molecule has 0 amide bonds. The van der Waals surface area contributed by atoms with Crippen molar-refractivity contribution in [2.45, 2.75) is 0 Å². The highest BCUT2D eigenvalue weighted by Crippen LogP contribution is 2.42. The van der Waals surface area contributed by atoms with Gasteiger partial charge in [-0.25, -0.2) is 0 Å². The molecule has 3 heteroatoms. The number of benzene rings is 7. The van der Waals surface area contributed by atoms with Crippen molar-refractivity contribution in [1.29, 1.82) is 0 Å². The Kier molecular flexibility index (Phi) is 5.82. The fraction of sp³-hybridized carbons (Fsp3) is 0. The first-order chi connectivity index (χ1) is 22.3. The number of para-hydroxylation sites is 4. The molecule has 212 valence electrons. The molecule has 0 saturated carbocycles. The van der Waals surface area contributed by atoms with Gasteiger partial charge < -0.3 is 13.7 Å². The quantitative estimate of drug-likeness (QED) is 0.204. The van der Waals surface area contributed by atoms with Gasteiger partial charge in [0.15, 0.2) is 0 Å². The Bertz CT molecular complexity index is 2430. The van der Waals surface area contributed by atoms with E-state index in [0.29, 0.717) is 0 Å². The Hall–Kier alpha value is -6.06. The molecule has 0 N–H and O–H groups in total. The van der Waals surface area contributed by atoms with Crippen molar-refractivity contribution < 1.29 is 8.83 Å². The summed E-state index contributed by atoms with van der Waals surface area (Å²) in [6.07, 6.45) is 0. The van der Waals surface area contributed by atoms with Gasteiger partial charge in [-0.15, -0.1) is 0 Å². The third-order valence-electron chi connectivity index (χ3n) is 8.65. The maximum absolute atomic E-state index is 6.53. The molecule has 0 fully saturated rings. The highest BCUT2D eigenvalue weighted by molar-refractivity contribution is 6.13. The van der Waals surface area contributed by atoms with Gasteiger partial charge in [0.2, 0.25) is 0 Å². The summed E-state index contributed by atoms with van der Waals surface area (Å²) in [7, 11) is 0. The number of rotatable bonds is 5. The fourth-order valence-electron chi connectivity index (χ4n) is 6.51. The largest absolute Gasteiger partial charge is 0.456 e. The summed E-state index contributed by atoms with van der Waals surface area (Å²) in [5, 5.41) is 4.43. The molecule has 9 rings (SSSR count). The molecule has 0 atom stereocenters. The van der Waals surface area contributed by atoms with Crippen LogP contribution in [0.4, 0.5) is 17.1 Å². The molecule has 0 aliphatic rings. The normalized spacial score (nSPS) is 11.6. The Morgan fingerprint density at radius 3 is 1.53 bits per heavy atom. The molecule has 0 spiro atoms. The van der Waals surface area contributed by atoms with Crippen LogP contribution in [0, 0.1) is 0 Å². The minimum Gasteiger partial charge on any atom is -0.456 e. The second-order valence-electron chi connectivity index (χ2n) is 11.4. The number of nitrogens with zero attached hydrogens (tertiary/aromatic N) is 1. The lowest BCUT2D eigenvalue weighted by atomic mass is 9.95. The lowest BCUT2D eigenvalue weighted by Gasteiger charge is -2.25. The molecule has 2 aromatic heterocycles. The van der Waals surface area contributed by atoms with Gasteiger partial charge in [-0.3, -0.25) is 0 Å². The van der Waals surface area contributed by atoms with Crippen LogP contribution in [-0.4, -0.2) is 0 Å². The van der Waals surface area contributed by atoms with Gasteiger partial charge in [0.1, 0.15) is 22.3 Å². The molecular weight excluding hydrogens is 550 g/mol. The molecule has 2 heterocycles. The van der Waals surface area contributed by atoms with Crippen LogP contribution in [-0.2, 0) is 0 Å². The minimum atomic E-state index is 0.883. The monoisotopic (exact) mass is 577 g/mol. The molecule has 7 aromatic carbocycles. The first kappa shape index (κ1) is 25.4. The molecule has 0 aliphatic heterocycles. The van der Waals surface area contributed by atoms with Crippen molar-refractivity contribution in [3.63, 3.8) is 0 Å². The van der Waals surface area contributed by atoms with Crippen LogP contribution in [0.2, 0.25) is 0 Å². The Labute approximate surface area is 260 Å². The summed E-state index contributed by atoms with van der Waals surface area (Å²) < 4.78 is 12.7. The van der Waals surface area contributed by atoms with Crippen LogP contribution in [0.25, 0.3) is 66.1 Å². The van der Waals surface area contributed by atoms with Crippen molar-refractivity contribution in [1.82, 2.24) is 0 Å². The number of fused-ring (bicyclic) bond motifs is 6.